The lowest BCUT2D eigenvalue weighted by atomic mass is 10.1. The van der Waals surface area contributed by atoms with Crippen LogP contribution in [0.2, 0.25) is 0 Å². The zero-order valence-corrected chi connectivity index (χ0v) is 7.52. The standard InChI is InChI=1S/C9H10N2O2/c1-7-5-10-6-9(8(7)2)3-4-11(12)13/h3-6H,1-2H3. The second kappa shape index (κ2) is 3.80. The zero-order chi connectivity index (χ0) is 9.84. The molecule has 0 aromatic carbocycles. The van der Waals surface area contributed by atoms with Gasteiger partial charge in [0.15, 0.2) is 0 Å². The van der Waals surface area contributed by atoms with Crippen molar-refractivity contribution in [2.24, 2.45) is 0 Å². The van der Waals surface area contributed by atoms with Crippen LogP contribution in [-0.4, -0.2) is 9.91 Å². The van der Waals surface area contributed by atoms with Gasteiger partial charge in [0.25, 0.3) is 0 Å². The highest BCUT2D eigenvalue weighted by Crippen LogP contribution is 2.11. The number of pyridine rings is 1. The molecular formula is C9H10N2O2. The molecule has 0 N–H and O–H groups in total. The molecular weight excluding hydrogens is 168 g/mol. The second-order valence-corrected chi connectivity index (χ2v) is 2.77. The number of aryl methyl sites for hydroxylation is 1. The molecule has 0 bridgehead atoms. The van der Waals surface area contributed by atoms with Gasteiger partial charge in [-0.15, -0.1) is 0 Å². The second-order valence-electron chi connectivity index (χ2n) is 2.77. The SMILES string of the molecule is Cc1cncc(C=C[N+](=O)[O-])c1C. The Morgan fingerprint density at radius 1 is 1.46 bits per heavy atom. The fourth-order valence-electron chi connectivity index (χ4n) is 0.960. The Bertz CT molecular complexity index is 359. The Labute approximate surface area is 76.1 Å². The Balaban J connectivity index is 3.02. The van der Waals surface area contributed by atoms with Gasteiger partial charge in [0.2, 0.25) is 6.20 Å². The van der Waals surface area contributed by atoms with Crippen molar-refractivity contribution >= 4 is 6.08 Å². The van der Waals surface area contributed by atoms with Crippen LogP contribution in [0.1, 0.15) is 16.7 Å². The van der Waals surface area contributed by atoms with Gasteiger partial charge in [-0.05, 0) is 25.0 Å². The van der Waals surface area contributed by atoms with Gasteiger partial charge in [-0.25, -0.2) is 0 Å². The van der Waals surface area contributed by atoms with Crippen LogP contribution in [0.25, 0.3) is 6.08 Å². The quantitative estimate of drug-likeness (QED) is 0.513. The third-order valence-corrected chi connectivity index (χ3v) is 1.88. The molecule has 13 heavy (non-hydrogen) atoms. The van der Waals surface area contributed by atoms with Crippen LogP contribution in [0.4, 0.5) is 0 Å². The molecule has 0 amide bonds. The van der Waals surface area contributed by atoms with Crippen molar-refractivity contribution in [3.8, 4) is 0 Å². The first kappa shape index (κ1) is 9.38. The summed E-state index contributed by atoms with van der Waals surface area (Å²) in [5.41, 5.74) is 2.84. The maximum atomic E-state index is 10.1. The molecule has 1 rings (SSSR count). The third-order valence-electron chi connectivity index (χ3n) is 1.88. The molecule has 1 heterocycles. The molecule has 4 nitrogen and oxygen atoms in total. The van der Waals surface area contributed by atoms with Crippen molar-refractivity contribution in [1.29, 1.82) is 0 Å². The summed E-state index contributed by atoms with van der Waals surface area (Å²) in [5.74, 6) is 0. The molecule has 0 unspecified atom stereocenters. The minimum absolute atomic E-state index is 0.484. The Hall–Kier alpha value is -1.71. The molecule has 0 saturated carbocycles. The van der Waals surface area contributed by atoms with E-state index in [1.807, 2.05) is 13.8 Å². The van der Waals surface area contributed by atoms with Gasteiger partial charge >= 0.3 is 0 Å². The third kappa shape index (κ3) is 2.37. The summed E-state index contributed by atoms with van der Waals surface area (Å²) in [6, 6.07) is 0. The van der Waals surface area contributed by atoms with E-state index in [2.05, 4.69) is 4.98 Å². The number of nitrogens with zero attached hydrogens (tertiary/aromatic N) is 2. The predicted octanol–water partition coefficient (Wildman–Crippen LogP) is 1.95. The Morgan fingerprint density at radius 2 is 2.15 bits per heavy atom. The predicted molar refractivity (Wildman–Crippen MR) is 49.7 cm³/mol. The van der Waals surface area contributed by atoms with Gasteiger partial charge in [-0.1, -0.05) is 0 Å². The molecule has 0 fully saturated rings. The molecule has 0 aliphatic heterocycles. The van der Waals surface area contributed by atoms with Crippen LogP contribution in [0, 0.1) is 24.0 Å². The van der Waals surface area contributed by atoms with Crippen molar-refractivity contribution in [3.05, 3.63) is 45.4 Å². The van der Waals surface area contributed by atoms with Gasteiger partial charge in [0, 0.05) is 24.0 Å². The number of hydrogen-bond acceptors (Lipinski definition) is 3. The van der Waals surface area contributed by atoms with Crippen LogP contribution in [0.15, 0.2) is 18.6 Å². The van der Waals surface area contributed by atoms with E-state index in [4.69, 9.17) is 0 Å². The molecule has 1 aromatic heterocycles. The van der Waals surface area contributed by atoms with Crippen molar-refractivity contribution in [2.45, 2.75) is 13.8 Å². The minimum atomic E-state index is -0.484. The molecule has 4 heteroatoms. The van der Waals surface area contributed by atoms with Crippen LogP contribution in [-0.2, 0) is 0 Å². The number of hydrogen-bond donors (Lipinski definition) is 0. The fourth-order valence-corrected chi connectivity index (χ4v) is 0.960. The average Bonchev–Trinajstić information content (AvgIpc) is 2.07. The molecule has 0 atom stereocenters. The molecule has 1 aromatic rings. The van der Waals surface area contributed by atoms with E-state index in [-0.39, 0.29) is 0 Å². The van der Waals surface area contributed by atoms with Gasteiger partial charge in [0.05, 0.1) is 4.92 Å². The topological polar surface area (TPSA) is 56.0 Å². The average molecular weight is 178 g/mol. The normalized spacial score (nSPS) is 10.6. The summed E-state index contributed by atoms with van der Waals surface area (Å²) in [6.45, 7) is 3.84. The molecule has 68 valence electrons. The lowest BCUT2D eigenvalue weighted by molar-refractivity contribution is -0.400. The lowest BCUT2D eigenvalue weighted by Gasteiger charge is -2.00. The van der Waals surface area contributed by atoms with Crippen molar-refractivity contribution in [2.75, 3.05) is 0 Å². The maximum absolute atomic E-state index is 10.1. The minimum Gasteiger partial charge on any atom is -0.264 e. The number of aromatic nitrogens is 1. The number of nitro groups is 1. The highest BCUT2D eigenvalue weighted by atomic mass is 16.6. The van der Waals surface area contributed by atoms with E-state index < -0.39 is 4.92 Å². The Kier molecular flexibility index (Phi) is 2.74. The van der Waals surface area contributed by atoms with Gasteiger partial charge < -0.3 is 0 Å². The van der Waals surface area contributed by atoms with Gasteiger partial charge in [-0.2, -0.15) is 0 Å². The van der Waals surface area contributed by atoms with Crippen LogP contribution in [0.3, 0.4) is 0 Å². The first-order valence-corrected chi connectivity index (χ1v) is 3.84. The monoisotopic (exact) mass is 178 g/mol. The first-order valence-electron chi connectivity index (χ1n) is 3.84. The first-order chi connectivity index (χ1) is 6.11. The van der Waals surface area contributed by atoms with E-state index in [1.165, 1.54) is 6.08 Å². The lowest BCUT2D eigenvalue weighted by Crippen LogP contribution is -1.89. The summed E-state index contributed by atoms with van der Waals surface area (Å²) in [7, 11) is 0. The molecule has 0 radical (unpaired) electrons. The van der Waals surface area contributed by atoms with E-state index in [9.17, 15) is 10.1 Å². The molecule has 0 aliphatic carbocycles. The summed E-state index contributed by atoms with van der Waals surface area (Å²) in [4.78, 5) is 13.5. The molecule has 0 saturated heterocycles. The van der Waals surface area contributed by atoms with Gasteiger partial charge in [-0.3, -0.25) is 15.1 Å². The largest absolute Gasteiger partial charge is 0.264 e. The highest BCUT2D eigenvalue weighted by molar-refractivity contribution is 5.52. The van der Waals surface area contributed by atoms with Crippen LogP contribution < -0.4 is 0 Å². The van der Waals surface area contributed by atoms with E-state index in [0.717, 1.165) is 22.9 Å². The highest BCUT2D eigenvalue weighted by Gasteiger charge is 1.98. The van der Waals surface area contributed by atoms with E-state index in [1.54, 1.807) is 12.4 Å². The van der Waals surface area contributed by atoms with Crippen molar-refractivity contribution in [3.63, 3.8) is 0 Å². The Morgan fingerprint density at radius 3 is 2.77 bits per heavy atom. The van der Waals surface area contributed by atoms with Crippen molar-refractivity contribution < 1.29 is 4.92 Å². The summed E-state index contributed by atoms with van der Waals surface area (Å²) < 4.78 is 0. The van der Waals surface area contributed by atoms with E-state index in [0.29, 0.717) is 0 Å². The van der Waals surface area contributed by atoms with E-state index >= 15 is 0 Å². The summed E-state index contributed by atoms with van der Waals surface area (Å²) in [6.07, 6.45) is 5.72. The fraction of sp³-hybridized carbons (Fsp3) is 0.222. The smallest absolute Gasteiger partial charge is 0.235 e. The molecule has 0 aliphatic rings. The maximum Gasteiger partial charge on any atom is 0.235 e. The van der Waals surface area contributed by atoms with Crippen LogP contribution >= 0.6 is 0 Å². The zero-order valence-electron chi connectivity index (χ0n) is 7.52. The number of rotatable bonds is 2. The summed E-state index contributed by atoms with van der Waals surface area (Å²) >= 11 is 0. The van der Waals surface area contributed by atoms with Gasteiger partial charge in [0.1, 0.15) is 0 Å². The van der Waals surface area contributed by atoms with Crippen molar-refractivity contribution in [1.82, 2.24) is 4.98 Å². The molecule has 0 spiro atoms. The van der Waals surface area contributed by atoms with Crippen LogP contribution in [0.5, 0.6) is 0 Å². The summed E-state index contributed by atoms with van der Waals surface area (Å²) in [5, 5.41) is 10.1.